The second-order valence-electron chi connectivity index (χ2n) is 5.67. The third-order valence-corrected chi connectivity index (χ3v) is 4.11. The monoisotopic (exact) mass is 246 g/mol. The molecule has 0 saturated carbocycles. The summed E-state index contributed by atoms with van der Waals surface area (Å²) in [5, 5.41) is 3.56. The summed E-state index contributed by atoms with van der Waals surface area (Å²) in [5.41, 5.74) is 4.15. The highest BCUT2D eigenvalue weighted by Gasteiger charge is 2.16. The Hall–Kier alpha value is -1.18. The third kappa shape index (κ3) is 2.80. The third-order valence-electron chi connectivity index (χ3n) is 4.11. The van der Waals surface area contributed by atoms with Gasteiger partial charge >= 0.3 is 0 Å². The Morgan fingerprint density at radius 2 is 2.22 bits per heavy atom. The van der Waals surface area contributed by atoms with Crippen LogP contribution in [0.5, 0.6) is 0 Å². The lowest BCUT2D eigenvalue weighted by molar-refractivity contribution is 0.615. The Balaban J connectivity index is 2.16. The van der Waals surface area contributed by atoms with Crippen LogP contribution in [0.2, 0.25) is 0 Å². The van der Waals surface area contributed by atoms with Gasteiger partial charge in [-0.3, -0.25) is 0 Å². The molecule has 0 bridgehead atoms. The molecule has 1 aliphatic rings. The average Bonchev–Trinajstić information content (AvgIpc) is 2.37. The molecular formula is C16H26N2. The summed E-state index contributed by atoms with van der Waals surface area (Å²) in [7, 11) is 2.21. The maximum atomic E-state index is 3.56. The number of hydrogen-bond donors (Lipinski definition) is 1. The molecule has 1 aliphatic heterocycles. The zero-order valence-corrected chi connectivity index (χ0v) is 12.2. The lowest BCUT2D eigenvalue weighted by Crippen LogP contribution is -2.29. The van der Waals surface area contributed by atoms with Crippen molar-refractivity contribution in [3.05, 3.63) is 23.8 Å². The van der Waals surface area contributed by atoms with Crippen LogP contribution in [0, 0.1) is 0 Å². The number of rotatable bonds is 4. The first kappa shape index (κ1) is 13.3. The van der Waals surface area contributed by atoms with Gasteiger partial charge in [0.15, 0.2) is 0 Å². The van der Waals surface area contributed by atoms with E-state index in [1.54, 1.807) is 0 Å². The van der Waals surface area contributed by atoms with Crippen molar-refractivity contribution in [2.24, 2.45) is 0 Å². The second-order valence-corrected chi connectivity index (χ2v) is 5.67. The van der Waals surface area contributed by atoms with E-state index in [0.29, 0.717) is 12.1 Å². The van der Waals surface area contributed by atoms with Crippen molar-refractivity contribution >= 4 is 11.4 Å². The van der Waals surface area contributed by atoms with Crippen molar-refractivity contribution < 1.29 is 0 Å². The van der Waals surface area contributed by atoms with Crippen LogP contribution in [0.25, 0.3) is 0 Å². The first-order valence-electron chi connectivity index (χ1n) is 7.24. The van der Waals surface area contributed by atoms with Gasteiger partial charge < -0.3 is 10.2 Å². The zero-order valence-electron chi connectivity index (χ0n) is 12.2. The lowest BCUT2D eigenvalue weighted by Gasteiger charge is -2.30. The maximum Gasteiger partial charge on any atom is 0.0376 e. The quantitative estimate of drug-likeness (QED) is 0.862. The fraction of sp³-hybridized carbons (Fsp3) is 0.625. The highest BCUT2D eigenvalue weighted by Crippen LogP contribution is 2.29. The Bertz CT molecular complexity index is 400. The molecule has 0 saturated heterocycles. The van der Waals surface area contributed by atoms with Crippen LogP contribution >= 0.6 is 0 Å². The number of fused-ring (bicyclic) bond motifs is 1. The van der Waals surface area contributed by atoms with Crippen molar-refractivity contribution in [1.82, 2.24) is 0 Å². The van der Waals surface area contributed by atoms with Crippen LogP contribution in [0.15, 0.2) is 18.2 Å². The highest BCUT2D eigenvalue weighted by molar-refractivity contribution is 5.62. The normalized spacial score (nSPS) is 19.9. The Labute approximate surface area is 111 Å². The van der Waals surface area contributed by atoms with Crippen LogP contribution < -0.4 is 10.2 Å². The molecule has 1 aromatic rings. The number of benzene rings is 1. The van der Waals surface area contributed by atoms with E-state index in [-0.39, 0.29) is 0 Å². The molecule has 0 amide bonds. The van der Waals surface area contributed by atoms with Gasteiger partial charge in [0.05, 0.1) is 0 Å². The Morgan fingerprint density at radius 1 is 1.44 bits per heavy atom. The van der Waals surface area contributed by atoms with Gasteiger partial charge in [0, 0.05) is 30.5 Å². The molecular weight excluding hydrogens is 220 g/mol. The highest BCUT2D eigenvalue weighted by atomic mass is 15.1. The van der Waals surface area contributed by atoms with Crippen molar-refractivity contribution in [1.29, 1.82) is 0 Å². The van der Waals surface area contributed by atoms with Crippen LogP contribution in [0.4, 0.5) is 11.4 Å². The Kier molecular flexibility index (Phi) is 4.15. The minimum Gasteiger partial charge on any atom is -0.382 e. The van der Waals surface area contributed by atoms with Gasteiger partial charge in [-0.05, 0) is 56.9 Å². The second kappa shape index (κ2) is 5.64. The summed E-state index contributed by atoms with van der Waals surface area (Å²) in [6.07, 6.45) is 4.94. The average molecular weight is 246 g/mol. The molecule has 100 valence electrons. The maximum absolute atomic E-state index is 3.56. The fourth-order valence-electron chi connectivity index (χ4n) is 2.72. The summed E-state index contributed by atoms with van der Waals surface area (Å²) in [6.45, 7) is 6.82. The number of hydrogen-bond acceptors (Lipinski definition) is 2. The molecule has 0 aliphatic carbocycles. The first-order chi connectivity index (χ1) is 8.61. The number of nitrogens with zero attached hydrogens (tertiary/aromatic N) is 1. The van der Waals surface area contributed by atoms with Crippen LogP contribution in [0.3, 0.4) is 0 Å². The summed E-state index contributed by atoms with van der Waals surface area (Å²) in [5.74, 6) is 0. The molecule has 0 spiro atoms. The summed E-state index contributed by atoms with van der Waals surface area (Å²) in [6, 6.07) is 8.08. The predicted molar refractivity (Wildman–Crippen MR) is 80.6 cm³/mol. The van der Waals surface area contributed by atoms with Gasteiger partial charge in [0.1, 0.15) is 0 Å². The molecule has 0 aromatic heterocycles. The van der Waals surface area contributed by atoms with Gasteiger partial charge in [0.25, 0.3) is 0 Å². The van der Waals surface area contributed by atoms with E-state index in [0.717, 1.165) is 0 Å². The molecule has 1 heterocycles. The minimum atomic E-state index is 0.611. The number of nitrogens with one attached hydrogen (secondary N) is 1. The SMILES string of the molecule is CCCC(C)N(C)c1ccc2c(c1)CCC(C)N2. The van der Waals surface area contributed by atoms with E-state index in [1.165, 1.54) is 42.6 Å². The van der Waals surface area contributed by atoms with Crippen LogP contribution in [-0.2, 0) is 6.42 Å². The molecule has 2 heteroatoms. The summed E-state index contributed by atoms with van der Waals surface area (Å²) < 4.78 is 0. The van der Waals surface area contributed by atoms with Crippen LogP contribution in [0.1, 0.15) is 45.6 Å². The van der Waals surface area contributed by atoms with Gasteiger partial charge in [-0.1, -0.05) is 13.3 Å². The van der Waals surface area contributed by atoms with E-state index in [9.17, 15) is 0 Å². The van der Waals surface area contributed by atoms with Crippen molar-refractivity contribution in [2.75, 3.05) is 17.3 Å². The van der Waals surface area contributed by atoms with Gasteiger partial charge in [-0.15, -0.1) is 0 Å². The molecule has 1 aromatic carbocycles. The minimum absolute atomic E-state index is 0.611. The Morgan fingerprint density at radius 3 is 2.94 bits per heavy atom. The largest absolute Gasteiger partial charge is 0.382 e. The van der Waals surface area contributed by atoms with Gasteiger partial charge in [-0.25, -0.2) is 0 Å². The summed E-state index contributed by atoms with van der Waals surface area (Å²) in [4.78, 5) is 2.40. The molecule has 1 N–H and O–H groups in total. The summed E-state index contributed by atoms with van der Waals surface area (Å²) >= 11 is 0. The van der Waals surface area contributed by atoms with Gasteiger partial charge in [-0.2, -0.15) is 0 Å². The van der Waals surface area contributed by atoms with E-state index in [4.69, 9.17) is 0 Å². The fourth-order valence-corrected chi connectivity index (χ4v) is 2.72. The standard InChI is InChI=1S/C16H26N2/c1-5-6-13(3)18(4)15-9-10-16-14(11-15)8-7-12(2)17-16/h9-13,17H,5-8H2,1-4H3. The lowest BCUT2D eigenvalue weighted by atomic mass is 9.98. The van der Waals surface area contributed by atoms with E-state index in [2.05, 4.69) is 56.2 Å². The first-order valence-corrected chi connectivity index (χ1v) is 7.24. The zero-order chi connectivity index (χ0) is 13.1. The molecule has 2 unspecified atom stereocenters. The van der Waals surface area contributed by atoms with E-state index in [1.807, 2.05) is 0 Å². The topological polar surface area (TPSA) is 15.3 Å². The predicted octanol–water partition coefficient (Wildman–Crippen LogP) is 4.06. The van der Waals surface area contributed by atoms with Crippen LogP contribution in [-0.4, -0.2) is 19.1 Å². The smallest absolute Gasteiger partial charge is 0.0376 e. The van der Waals surface area contributed by atoms with Crippen molar-refractivity contribution in [3.8, 4) is 0 Å². The number of anilines is 2. The molecule has 18 heavy (non-hydrogen) atoms. The molecule has 2 rings (SSSR count). The van der Waals surface area contributed by atoms with Gasteiger partial charge in [0.2, 0.25) is 0 Å². The molecule has 0 radical (unpaired) electrons. The number of aryl methyl sites for hydroxylation is 1. The van der Waals surface area contributed by atoms with E-state index >= 15 is 0 Å². The molecule has 0 fully saturated rings. The van der Waals surface area contributed by atoms with E-state index < -0.39 is 0 Å². The van der Waals surface area contributed by atoms with Crippen molar-refractivity contribution in [2.45, 2.75) is 58.5 Å². The molecule has 2 atom stereocenters. The molecule has 2 nitrogen and oxygen atoms in total. The van der Waals surface area contributed by atoms with Crippen molar-refractivity contribution in [3.63, 3.8) is 0 Å².